The van der Waals surface area contributed by atoms with E-state index in [-0.39, 0.29) is 11.4 Å². The molecule has 2 aromatic carbocycles. The molecule has 0 unspecified atom stereocenters. The van der Waals surface area contributed by atoms with Gasteiger partial charge in [0, 0.05) is 30.9 Å². The molecule has 7 nitrogen and oxygen atoms in total. The molecule has 1 saturated heterocycles. The fourth-order valence-electron chi connectivity index (χ4n) is 2.94. The van der Waals surface area contributed by atoms with Crippen molar-refractivity contribution >= 4 is 17.5 Å². The van der Waals surface area contributed by atoms with E-state index >= 15 is 0 Å². The molecular weight excluding hydrogens is 336 g/mol. The summed E-state index contributed by atoms with van der Waals surface area (Å²) in [6, 6.07) is 10.9. The monoisotopic (exact) mass is 356 g/mol. The minimum absolute atomic E-state index is 0.0742. The second-order valence-corrected chi connectivity index (χ2v) is 6.20. The van der Waals surface area contributed by atoms with E-state index < -0.39 is 11.1 Å². The van der Waals surface area contributed by atoms with Crippen molar-refractivity contribution in [2.24, 2.45) is 0 Å². The van der Waals surface area contributed by atoms with E-state index in [9.17, 15) is 14.9 Å². The standard InChI is InChI=1S/C19H20N2O5/c1-14-13-16(20-11-3-2-4-12-20)7-10-18(14)26-19(22)25-17-8-5-15(6-9-17)21(23)24/h5-10,13H,2-4,11-12H2,1H3. The van der Waals surface area contributed by atoms with Gasteiger partial charge in [0.15, 0.2) is 0 Å². The van der Waals surface area contributed by atoms with Gasteiger partial charge < -0.3 is 14.4 Å². The van der Waals surface area contributed by atoms with Crippen molar-refractivity contribution in [1.82, 2.24) is 0 Å². The fourth-order valence-corrected chi connectivity index (χ4v) is 2.94. The summed E-state index contributed by atoms with van der Waals surface area (Å²) in [5, 5.41) is 10.6. The lowest BCUT2D eigenvalue weighted by molar-refractivity contribution is -0.384. The van der Waals surface area contributed by atoms with E-state index in [0.717, 1.165) is 24.3 Å². The predicted molar refractivity (Wildman–Crippen MR) is 97.0 cm³/mol. The number of anilines is 1. The van der Waals surface area contributed by atoms with Crippen molar-refractivity contribution in [2.45, 2.75) is 26.2 Å². The summed E-state index contributed by atoms with van der Waals surface area (Å²) in [5.74, 6) is 0.612. The molecule has 0 aliphatic carbocycles. The number of non-ortho nitro benzene ring substituents is 1. The van der Waals surface area contributed by atoms with Crippen LogP contribution in [0.2, 0.25) is 0 Å². The zero-order valence-corrected chi connectivity index (χ0v) is 14.5. The Hall–Kier alpha value is -3.09. The van der Waals surface area contributed by atoms with Gasteiger partial charge >= 0.3 is 6.16 Å². The van der Waals surface area contributed by atoms with Crippen molar-refractivity contribution in [3.63, 3.8) is 0 Å². The maximum Gasteiger partial charge on any atom is 0.519 e. The van der Waals surface area contributed by atoms with Crippen LogP contribution in [0.5, 0.6) is 11.5 Å². The molecule has 0 N–H and O–H groups in total. The molecular formula is C19H20N2O5. The van der Waals surface area contributed by atoms with Crippen LogP contribution >= 0.6 is 0 Å². The van der Waals surface area contributed by atoms with E-state index in [1.54, 1.807) is 6.07 Å². The normalized spacial score (nSPS) is 14.0. The first kappa shape index (κ1) is 17.7. The topological polar surface area (TPSA) is 81.9 Å². The van der Waals surface area contributed by atoms with Gasteiger partial charge in [-0.3, -0.25) is 10.1 Å². The summed E-state index contributed by atoms with van der Waals surface area (Å²) in [4.78, 5) is 24.4. The molecule has 0 amide bonds. The Labute approximate surface area is 151 Å². The summed E-state index contributed by atoms with van der Waals surface area (Å²) >= 11 is 0. The number of carbonyl (C=O) groups is 1. The van der Waals surface area contributed by atoms with Gasteiger partial charge in [0.2, 0.25) is 0 Å². The zero-order chi connectivity index (χ0) is 18.5. The minimum Gasteiger partial charge on any atom is -0.395 e. The Kier molecular flexibility index (Phi) is 5.36. The second kappa shape index (κ2) is 7.86. The molecule has 0 aromatic heterocycles. The molecule has 26 heavy (non-hydrogen) atoms. The quantitative estimate of drug-likeness (QED) is 0.348. The van der Waals surface area contributed by atoms with E-state index in [4.69, 9.17) is 9.47 Å². The molecule has 1 fully saturated rings. The van der Waals surface area contributed by atoms with Crippen molar-refractivity contribution in [3.05, 3.63) is 58.1 Å². The van der Waals surface area contributed by atoms with Crippen LogP contribution in [0, 0.1) is 17.0 Å². The fraction of sp³-hybridized carbons (Fsp3) is 0.316. The first-order chi connectivity index (χ1) is 12.5. The maximum absolute atomic E-state index is 12.0. The van der Waals surface area contributed by atoms with Gasteiger partial charge in [0.25, 0.3) is 5.69 Å². The van der Waals surface area contributed by atoms with Gasteiger partial charge in [-0.25, -0.2) is 4.79 Å². The van der Waals surface area contributed by atoms with Gasteiger partial charge in [-0.15, -0.1) is 0 Å². The number of benzene rings is 2. The molecule has 2 aromatic rings. The van der Waals surface area contributed by atoms with Gasteiger partial charge in [-0.1, -0.05) is 0 Å². The molecule has 7 heteroatoms. The van der Waals surface area contributed by atoms with E-state index in [1.165, 1.54) is 43.5 Å². The number of carbonyl (C=O) groups excluding carboxylic acids is 1. The average molecular weight is 356 g/mol. The lowest BCUT2D eigenvalue weighted by Crippen LogP contribution is -2.29. The molecule has 136 valence electrons. The minimum atomic E-state index is -0.882. The first-order valence-electron chi connectivity index (χ1n) is 8.52. The number of ether oxygens (including phenoxy) is 2. The van der Waals surface area contributed by atoms with Crippen LogP contribution in [0.1, 0.15) is 24.8 Å². The SMILES string of the molecule is Cc1cc(N2CCCCC2)ccc1OC(=O)Oc1ccc([N+](=O)[O-])cc1. The third kappa shape index (κ3) is 4.30. The van der Waals surface area contributed by atoms with Crippen LogP contribution in [-0.2, 0) is 0 Å². The number of rotatable bonds is 4. The van der Waals surface area contributed by atoms with Crippen molar-refractivity contribution in [3.8, 4) is 11.5 Å². The number of hydrogen-bond acceptors (Lipinski definition) is 6. The number of piperidine rings is 1. The molecule has 1 aliphatic heterocycles. The lowest BCUT2D eigenvalue weighted by atomic mass is 10.1. The second-order valence-electron chi connectivity index (χ2n) is 6.20. The Morgan fingerprint density at radius 2 is 1.73 bits per heavy atom. The molecule has 0 radical (unpaired) electrons. The maximum atomic E-state index is 12.0. The summed E-state index contributed by atoms with van der Waals surface area (Å²) in [5.41, 5.74) is 1.89. The highest BCUT2D eigenvalue weighted by molar-refractivity contribution is 5.68. The molecule has 1 heterocycles. The molecule has 0 spiro atoms. The third-order valence-electron chi connectivity index (χ3n) is 4.32. The zero-order valence-electron chi connectivity index (χ0n) is 14.5. The van der Waals surface area contributed by atoms with Crippen LogP contribution in [-0.4, -0.2) is 24.2 Å². The molecule has 0 bridgehead atoms. The third-order valence-corrected chi connectivity index (χ3v) is 4.32. The van der Waals surface area contributed by atoms with Gasteiger partial charge in [-0.05, 0) is 62.1 Å². The van der Waals surface area contributed by atoms with Gasteiger partial charge in [0.1, 0.15) is 11.5 Å². The molecule has 1 aliphatic rings. The Morgan fingerprint density at radius 3 is 2.35 bits per heavy atom. The van der Waals surface area contributed by atoms with Crippen LogP contribution < -0.4 is 14.4 Å². The van der Waals surface area contributed by atoms with E-state index in [0.29, 0.717) is 5.75 Å². The number of aryl methyl sites for hydroxylation is 1. The number of nitrogens with zero attached hydrogens (tertiary/aromatic N) is 2. The van der Waals surface area contributed by atoms with Gasteiger partial charge in [0.05, 0.1) is 4.92 Å². The van der Waals surface area contributed by atoms with Crippen molar-refractivity contribution in [1.29, 1.82) is 0 Å². The van der Waals surface area contributed by atoms with Crippen molar-refractivity contribution < 1.29 is 19.2 Å². The van der Waals surface area contributed by atoms with Crippen LogP contribution in [0.4, 0.5) is 16.2 Å². The Morgan fingerprint density at radius 1 is 1.04 bits per heavy atom. The summed E-state index contributed by atoms with van der Waals surface area (Å²) in [7, 11) is 0. The predicted octanol–water partition coefficient (Wildman–Crippen LogP) is 4.47. The highest BCUT2D eigenvalue weighted by Crippen LogP contribution is 2.27. The summed E-state index contributed by atoms with van der Waals surface area (Å²) < 4.78 is 10.3. The average Bonchev–Trinajstić information content (AvgIpc) is 2.64. The lowest BCUT2D eigenvalue weighted by Gasteiger charge is -2.29. The van der Waals surface area contributed by atoms with Crippen LogP contribution in [0.25, 0.3) is 0 Å². The van der Waals surface area contributed by atoms with Gasteiger partial charge in [-0.2, -0.15) is 0 Å². The Bertz CT molecular complexity index is 798. The summed E-state index contributed by atoms with van der Waals surface area (Å²) in [6.07, 6.45) is 2.77. The largest absolute Gasteiger partial charge is 0.519 e. The smallest absolute Gasteiger partial charge is 0.395 e. The number of nitro groups is 1. The number of nitro benzene ring substituents is 1. The van der Waals surface area contributed by atoms with Crippen LogP contribution in [0.3, 0.4) is 0 Å². The van der Waals surface area contributed by atoms with Crippen molar-refractivity contribution in [2.75, 3.05) is 18.0 Å². The molecule has 3 rings (SSSR count). The Balaban J connectivity index is 1.62. The number of hydrogen-bond donors (Lipinski definition) is 0. The molecule has 0 saturated carbocycles. The summed E-state index contributed by atoms with van der Waals surface area (Å²) in [6.45, 7) is 3.96. The van der Waals surface area contributed by atoms with Crippen LogP contribution in [0.15, 0.2) is 42.5 Å². The first-order valence-corrected chi connectivity index (χ1v) is 8.52. The van der Waals surface area contributed by atoms with E-state index in [2.05, 4.69) is 4.90 Å². The highest BCUT2D eigenvalue weighted by atomic mass is 16.7. The van der Waals surface area contributed by atoms with E-state index in [1.807, 2.05) is 19.1 Å². The highest BCUT2D eigenvalue weighted by Gasteiger charge is 2.15. The molecule has 0 atom stereocenters.